The van der Waals surface area contributed by atoms with Gasteiger partial charge in [-0.2, -0.15) is 0 Å². The summed E-state index contributed by atoms with van der Waals surface area (Å²) in [6.45, 7) is 0.887. The van der Waals surface area contributed by atoms with Gasteiger partial charge in [0.2, 0.25) is 0 Å². The van der Waals surface area contributed by atoms with E-state index in [-0.39, 0.29) is 12.0 Å². The van der Waals surface area contributed by atoms with Gasteiger partial charge in [0, 0.05) is 12.1 Å². The third-order valence-corrected chi connectivity index (χ3v) is 5.75. The number of ether oxygens (including phenoxy) is 2. The van der Waals surface area contributed by atoms with Crippen molar-refractivity contribution in [3.8, 4) is 11.5 Å². The monoisotopic (exact) mass is 391 g/mol. The van der Waals surface area contributed by atoms with Crippen LogP contribution in [0.25, 0.3) is 6.08 Å². The van der Waals surface area contributed by atoms with Crippen molar-refractivity contribution in [3.63, 3.8) is 0 Å². The number of ketones is 1. The molecule has 0 bridgehead atoms. The SMILES string of the molecule is COc1ccc(C(=O)/C=C/c2ccc(OC3CSC4=CC=CCN43)cc2)cc1. The van der Waals surface area contributed by atoms with Crippen LogP contribution < -0.4 is 9.47 Å². The van der Waals surface area contributed by atoms with Crippen molar-refractivity contribution in [2.75, 3.05) is 19.4 Å². The molecule has 4 rings (SSSR count). The molecule has 1 unspecified atom stereocenters. The number of carbonyl (C=O) groups is 1. The van der Waals surface area contributed by atoms with Gasteiger partial charge in [-0.1, -0.05) is 30.4 Å². The van der Waals surface area contributed by atoms with Crippen LogP contribution in [0.5, 0.6) is 11.5 Å². The summed E-state index contributed by atoms with van der Waals surface area (Å²) in [5.41, 5.74) is 1.59. The van der Waals surface area contributed by atoms with Crippen LogP contribution in [0.4, 0.5) is 0 Å². The number of hydrogen-bond donors (Lipinski definition) is 0. The van der Waals surface area contributed by atoms with E-state index in [4.69, 9.17) is 9.47 Å². The molecule has 1 fully saturated rings. The molecule has 0 aliphatic carbocycles. The van der Waals surface area contributed by atoms with Gasteiger partial charge < -0.3 is 14.4 Å². The number of methoxy groups -OCH3 is 1. The lowest BCUT2D eigenvalue weighted by atomic mass is 10.1. The summed E-state index contributed by atoms with van der Waals surface area (Å²) >= 11 is 1.82. The topological polar surface area (TPSA) is 38.8 Å². The summed E-state index contributed by atoms with van der Waals surface area (Å²) in [6, 6.07) is 14.9. The van der Waals surface area contributed by atoms with Gasteiger partial charge in [-0.25, -0.2) is 0 Å². The summed E-state index contributed by atoms with van der Waals surface area (Å²) < 4.78 is 11.3. The second-order valence-electron chi connectivity index (χ2n) is 6.46. The highest BCUT2D eigenvalue weighted by molar-refractivity contribution is 8.03. The molecular weight excluding hydrogens is 370 g/mol. The van der Waals surface area contributed by atoms with Crippen molar-refractivity contribution < 1.29 is 14.3 Å². The van der Waals surface area contributed by atoms with Crippen molar-refractivity contribution in [2.24, 2.45) is 0 Å². The van der Waals surface area contributed by atoms with Crippen molar-refractivity contribution in [3.05, 3.63) is 89.0 Å². The number of carbonyl (C=O) groups excluding carboxylic acids is 1. The number of thioether (sulfide) groups is 1. The number of rotatable bonds is 6. The highest BCUT2D eigenvalue weighted by atomic mass is 32.2. The second-order valence-corrected chi connectivity index (χ2v) is 7.50. The molecule has 2 aliphatic rings. The Kier molecular flexibility index (Phi) is 5.53. The first-order valence-electron chi connectivity index (χ1n) is 9.12. The van der Waals surface area contributed by atoms with Gasteiger partial charge in [-0.15, -0.1) is 11.8 Å². The van der Waals surface area contributed by atoms with E-state index in [0.717, 1.165) is 29.4 Å². The summed E-state index contributed by atoms with van der Waals surface area (Å²) in [6.07, 6.45) is 9.82. The van der Waals surface area contributed by atoms with E-state index < -0.39 is 0 Å². The van der Waals surface area contributed by atoms with Crippen molar-refractivity contribution in [1.82, 2.24) is 4.90 Å². The Bertz CT molecular complexity index is 929. The Hall–Kier alpha value is -2.92. The Morgan fingerprint density at radius 3 is 2.61 bits per heavy atom. The number of nitrogens with zero attached hydrogens (tertiary/aromatic N) is 1. The fraction of sp³-hybridized carbons (Fsp3) is 0.174. The van der Waals surface area contributed by atoms with E-state index >= 15 is 0 Å². The summed E-state index contributed by atoms with van der Waals surface area (Å²) in [4.78, 5) is 14.5. The van der Waals surface area contributed by atoms with Gasteiger partial charge in [0.15, 0.2) is 12.0 Å². The molecule has 2 aromatic carbocycles. The average molecular weight is 391 g/mol. The minimum Gasteiger partial charge on any atom is -0.497 e. The van der Waals surface area contributed by atoms with Crippen molar-refractivity contribution in [2.45, 2.75) is 6.23 Å². The third-order valence-electron chi connectivity index (χ3n) is 4.64. The fourth-order valence-electron chi connectivity index (χ4n) is 3.08. The maximum atomic E-state index is 12.3. The molecule has 4 nitrogen and oxygen atoms in total. The van der Waals surface area contributed by atoms with Crippen molar-refractivity contribution in [1.29, 1.82) is 0 Å². The highest BCUT2D eigenvalue weighted by Crippen LogP contribution is 2.35. The molecule has 0 N–H and O–H groups in total. The second kappa shape index (κ2) is 8.40. The van der Waals surface area contributed by atoms with Gasteiger partial charge in [0.25, 0.3) is 0 Å². The smallest absolute Gasteiger partial charge is 0.185 e. The van der Waals surface area contributed by atoms with Gasteiger partial charge in [-0.05, 0) is 54.1 Å². The lowest BCUT2D eigenvalue weighted by Crippen LogP contribution is -2.35. The summed E-state index contributed by atoms with van der Waals surface area (Å²) in [5, 5.41) is 1.27. The average Bonchev–Trinajstić information content (AvgIpc) is 3.16. The van der Waals surface area contributed by atoms with Gasteiger partial charge in [0.05, 0.1) is 17.9 Å². The molecule has 1 saturated heterocycles. The normalized spacial score (nSPS) is 18.1. The van der Waals surface area contributed by atoms with E-state index in [1.807, 2.05) is 42.1 Å². The third kappa shape index (κ3) is 4.15. The van der Waals surface area contributed by atoms with E-state index in [2.05, 4.69) is 23.1 Å². The quantitative estimate of drug-likeness (QED) is 0.525. The standard InChI is InChI=1S/C23H21NO3S/c1-26-19-12-8-18(9-13-19)21(25)14-7-17-5-10-20(11-6-17)27-22-16-28-23-4-2-3-15-24(22)23/h2-14,22H,15-16H2,1H3/b14-7+. The maximum absolute atomic E-state index is 12.3. The minimum atomic E-state index is -0.0385. The lowest BCUT2D eigenvalue weighted by Gasteiger charge is -2.27. The molecule has 5 heteroatoms. The first-order valence-corrected chi connectivity index (χ1v) is 10.1. The van der Waals surface area contributed by atoms with Crippen molar-refractivity contribution >= 4 is 23.6 Å². The van der Waals surface area contributed by atoms with Crippen LogP contribution in [0.3, 0.4) is 0 Å². The minimum absolute atomic E-state index is 0.0385. The van der Waals surface area contributed by atoms with Gasteiger partial charge in [-0.3, -0.25) is 4.79 Å². The van der Waals surface area contributed by atoms with Crippen LogP contribution in [0.2, 0.25) is 0 Å². The Balaban J connectivity index is 1.36. The Morgan fingerprint density at radius 1 is 1.11 bits per heavy atom. The predicted octanol–water partition coefficient (Wildman–Crippen LogP) is 4.76. The van der Waals surface area contributed by atoms with Crippen LogP contribution in [0, 0.1) is 0 Å². The van der Waals surface area contributed by atoms with E-state index in [0.29, 0.717) is 5.56 Å². The zero-order valence-electron chi connectivity index (χ0n) is 15.6. The van der Waals surface area contributed by atoms with Crippen LogP contribution in [-0.2, 0) is 0 Å². The van der Waals surface area contributed by atoms with E-state index in [9.17, 15) is 4.79 Å². The van der Waals surface area contributed by atoms with E-state index in [1.54, 1.807) is 37.5 Å². The highest BCUT2D eigenvalue weighted by Gasteiger charge is 2.30. The Morgan fingerprint density at radius 2 is 1.86 bits per heavy atom. The lowest BCUT2D eigenvalue weighted by molar-refractivity contribution is 0.0946. The van der Waals surface area contributed by atoms with Crippen LogP contribution in [0.15, 0.2) is 77.9 Å². The van der Waals surface area contributed by atoms with Gasteiger partial charge >= 0.3 is 0 Å². The van der Waals surface area contributed by atoms with Crippen LogP contribution in [-0.4, -0.2) is 36.3 Å². The molecule has 28 heavy (non-hydrogen) atoms. The van der Waals surface area contributed by atoms with Crippen LogP contribution in [0.1, 0.15) is 15.9 Å². The molecule has 0 spiro atoms. The Labute approximate surface area is 169 Å². The summed E-state index contributed by atoms with van der Waals surface area (Å²) in [7, 11) is 1.61. The number of allylic oxidation sites excluding steroid dienone is 3. The predicted molar refractivity (Wildman–Crippen MR) is 114 cm³/mol. The molecule has 0 saturated carbocycles. The number of fused-ring (bicyclic) bond motifs is 1. The molecule has 2 aromatic rings. The fourth-order valence-corrected chi connectivity index (χ4v) is 4.18. The number of benzene rings is 2. The van der Waals surface area contributed by atoms with E-state index in [1.165, 1.54) is 5.03 Å². The molecule has 2 heterocycles. The van der Waals surface area contributed by atoms with Gasteiger partial charge in [0.1, 0.15) is 11.5 Å². The molecule has 0 amide bonds. The first-order chi connectivity index (χ1) is 13.7. The molecule has 0 radical (unpaired) electrons. The maximum Gasteiger partial charge on any atom is 0.185 e. The molecule has 2 aliphatic heterocycles. The zero-order valence-corrected chi connectivity index (χ0v) is 16.4. The molecule has 0 aromatic heterocycles. The molecule has 1 atom stereocenters. The zero-order chi connectivity index (χ0) is 19.3. The first kappa shape index (κ1) is 18.4. The molecule has 142 valence electrons. The summed E-state index contributed by atoms with van der Waals surface area (Å²) in [5.74, 6) is 2.45. The largest absolute Gasteiger partial charge is 0.497 e. The number of hydrogen-bond acceptors (Lipinski definition) is 5. The van der Waals surface area contributed by atoms with Crippen LogP contribution >= 0.6 is 11.8 Å². The molecular formula is C23H21NO3S.